The summed E-state index contributed by atoms with van der Waals surface area (Å²) in [6, 6.07) is 3.92. The topological polar surface area (TPSA) is 70.0 Å². The molecule has 3 aromatic heterocycles. The fourth-order valence-electron chi connectivity index (χ4n) is 3.11. The van der Waals surface area contributed by atoms with Gasteiger partial charge in [0.05, 0.1) is 36.6 Å². The van der Waals surface area contributed by atoms with E-state index in [0.29, 0.717) is 25.7 Å². The second-order valence-corrected chi connectivity index (χ2v) is 7.56. The van der Waals surface area contributed by atoms with E-state index in [1.165, 1.54) is 0 Å². The van der Waals surface area contributed by atoms with Gasteiger partial charge in [0.1, 0.15) is 16.4 Å². The SMILES string of the molecule is C=CCOCC/C=C1\CCOc2ncc(-c3sc(-c4cccnc4)nc3C)nc21. The zero-order valence-electron chi connectivity index (χ0n) is 16.3. The largest absolute Gasteiger partial charge is 0.476 e. The zero-order chi connectivity index (χ0) is 20.1. The maximum atomic E-state index is 5.71. The Labute approximate surface area is 174 Å². The molecule has 0 amide bonds. The highest BCUT2D eigenvalue weighted by atomic mass is 32.1. The summed E-state index contributed by atoms with van der Waals surface area (Å²) in [4.78, 5) is 19.3. The van der Waals surface area contributed by atoms with Crippen LogP contribution in [0.5, 0.6) is 5.88 Å². The Kier molecular flexibility index (Phi) is 6.07. The van der Waals surface area contributed by atoms with Crippen molar-refractivity contribution in [2.75, 3.05) is 19.8 Å². The third-order valence-corrected chi connectivity index (χ3v) is 5.71. The van der Waals surface area contributed by atoms with Crippen molar-refractivity contribution in [3.8, 4) is 27.0 Å². The lowest BCUT2D eigenvalue weighted by molar-refractivity contribution is 0.167. The van der Waals surface area contributed by atoms with Crippen molar-refractivity contribution in [3.63, 3.8) is 0 Å². The summed E-state index contributed by atoms with van der Waals surface area (Å²) in [5, 5.41) is 0.927. The lowest BCUT2D eigenvalue weighted by Crippen LogP contribution is -2.11. The number of pyridine rings is 1. The van der Waals surface area contributed by atoms with Crippen LogP contribution in [0.25, 0.3) is 26.7 Å². The van der Waals surface area contributed by atoms with Crippen LogP contribution in [0.2, 0.25) is 0 Å². The van der Waals surface area contributed by atoms with Gasteiger partial charge in [-0.1, -0.05) is 12.2 Å². The summed E-state index contributed by atoms with van der Waals surface area (Å²) in [7, 11) is 0. The second-order valence-electron chi connectivity index (χ2n) is 6.56. The first kappa shape index (κ1) is 19.4. The highest BCUT2D eigenvalue weighted by molar-refractivity contribution is 7.18. The van der Waals surface area contributed by atoms with Crippen molar-refractivity contribution >= 4 is 16.9 Å². The minimum absolute atomic E-state index is 0.566. The number of hydrogen-bond acceptors (Lipinski definition) is 7. The van der Waals surface area contributed by atoms with Crippen LogP contribution in [0, 0.1) is 6.92 Å². The standard InChI is InChI=1S/C22H22N4O2S/c1-3-10-27-11-5-7-16-8-12-28-21-19(16)26-18(14-24-21)20-15(2)25-22(29-20)17-6-4-9-23-13-17/h3-4,6-7,9,13-14H,1,5,8,10-12H2,2H3/b16-7+. The zero-order valence-corrected chi connectivity index (χ0v) is 17.1. The van der Waals surface area contributed by atoms with Crippen molar-refractivity contribution in [3.05, 3.63) is 60.8 Å². The molecule has 4 rings (SSSR count). The number of aryl methyl sites for hydroxylation is 1. The van der Waals surface area contributed by atoms with Gasteiger partial charge in [-0.05, 0) is 31.1 Å². The molecule has 6 nitrogen and oxygen atoms in total. The van der Waals surface area contributed by atoms with Gasteiger partial charge in [0.2, 0.25) is 5.88 Å². The normalized spacial score (nSPS) is 14.4. The molecule has 0 unspecified atom stereocenters. The Morgan fingerprint density at radius 3 is 3.07 bits per heavy atom. The highest BCUT2D eigenvalue weighted by Crippen LogP contribution is 2.37. The molecule has 1 aliphatic heterocycles. The minimum atomic E-state index is 0.566. The number of thiazole rings is 1. The van der Waals surface area contributed by atoms with Crippen LogP contribution in [-0.2, 0) is 4.74 Å². The molecule has 0 saturated carbocycles. The predicted molar refractivity (Wildman–Crippen MR) is 115 cm³/mol. The van der Waals surface area contributed by atoms with Crippen molar-refractivity contribution in [1.82, 2.24) is 19.9 Å². The summed E-state index contributed by atoms with van der Waals surface area (Å²) in [5.41, 5.74) is 4.71. The van der Waals surface area contributed by atoms with Crippen LogP contribution < -0.4 is 4.74 Å². The van der Waals surface area contributed by atoms with E-state index in [-0.39, 0.29) is 0 Å². The van der Waals surface area contributed by atoms with E-state index in [0.717, 1.165) is 50.9 Å². The van der Waals surface area contributed by atoms with Gasteiger partial charge in [0, 0.05) is 24.4 Å². The monoisotopic (exact) mass is 406 g/mol. The number of aromatic nitrogens is 4. The van der Waals surface area contributed by atoms with E-state index in [4.69, 9.17) is 19.4 Å². The molecular weight excluding hydrogens is 384 g/mol. The molecule has 29 heavy (non-hydrogen) atoms. The summed E-state index contributed by atoms with van der Waals surface area (Å²) in [5.74, 6) is 0.591. The predicted octanol–water partition coefficient (Wildman–Crippen LogP) is 4.73. The molecule has 0 N–H and O–H groups in total. The highest BCUT2D eigenvalue weighted by Gasteiger charge is 2.21. The van der Waals surface area contributed by atoms with E-state index in [1.807, 2.05) is 25.3 Å². The van der Waals surface area contributed by atoms with Crippen LogP contribution in [0.1, 0.15) is 24.2 Å². The Morgan fingerprint density at radius 2 is 2.24 bits per heavy atom. The third kappa shape index (κ3) is 4.41. The Morgan fingerprint density at radius 1 is 1.31 bits per heavy atom. The maximum Gasteiger partial charge on any atom is 0.240 e. The van der Waals surface area contributed by atoms with Gasteiger partial charge in [-0.2, -0.15) is 0 Å². The van der Waals surface area contributed by atoms with Crippen molar-refractivity contribution in [2.45, 2.75) is 19.8 Å². The molecule has 0 aromatic carbocycles. The van der Waals surface area contributed by atoms with Gasteiger partial charge in [-0.15, -0.1) is 17.9 Å². The van der Waals surface area contributed by atoms with Gasteiger partial charge >= 0.3 is 0 Å². The molecule has 0 saturated heterocycles. The van der Waals surface area contributed by atoms with E-state index < -0.39 is 0 Å². The van der Waals surface area contributed by atoms with Crippen molar-refractivity contribution < 1.29 is 9.47 Å². The average molecular weight is 407 g/mol. The van der Waals surface area contributed by atoms with Gasteiger partial charge in [-0.25, -0.2) is 15.0 Å². The summed E-state index contributed by atoms with van der Waals surface area (Å²) in [6.07, 6.45) is 10.9. The van der Waals surface area contributed by atoms with Crippen molar-refractivity contribution in [2.24, 2.45) is 0 Å². The third-order valence-electron chi connectivity index (χ3n) is 4.48. The molecule has 0 atom stereocenters. The molecule has 0 radical (unpaired) electrons. The first-order valence-electron chi connectivity index (χ1n) is 9.52. The molecule has 0 aliphatic carbocycles. The van der Waals surface area contributed by atoms with Crippen LogP contribution in [-0.4, -0.2) is 39.8 Å². The molecular formula is C22H22N4O2S. The summed E-state index contributed by atoms with van der Waals surface area (Å²) < 4.78 is 11.2. The van der Waals surface area contributed by atoms with E-state index in [1.54, 1.807) is 29.8 Å². The molecule has 3 aromatic rings. The fraction of sp³-hybridized carbons (Fsp3) is 0.273. The second kappa shape index (κ2) is 9.07. The number of rotatable bonds is 7. The summed E-state index contributed by atoms with van der Waals surface area (Å²) >= 11 is 1.60. The number of fused-ring (bicyclic) bond motifs is 1. The van der Waals surface area contributed by atoms with Gasteiger partial charge in [0.25, 0.3) is 0 Å². The molecule has 4 heterocycles. The molecule has 0 spiro atoms. The maximum absolute atomic E-state index is 5.71. The average Bonchev–Trinajstić information content (AvgIpc) is 3.15. The Hall–Kier alpha value is -2.90. The number of hydrogen-bond donors (Lipinski definition) is 0. The molecule has 148 valence electrons. The molecule has 7 heteroatoms. The van der Waals surface area contributed by atoms with E-state index in [2.05, 4.69) is 22.6 Å². The Bertz CT molecular complexity index is 1030. The fourth-order valence-corrected chi connectivity index (χ4v) is 4.12. The molecule has 1 aliphatic rings. The first-order chi connectivity index (χ1) is 14.3. The lowest BCUT2D eigenvalue weighted by Gasteiger charge is -2.18. The van der Waals surface area contributed by atoms with E-state index in [9.17, 15) is 0 Å². The summed E-state index contributed by atoms with van der Waals surface area (Å²) in [6.45, 7) is 7.50. The van der Waals surface area contributed by atoms with Crippen LogP contribution in [0.3, 0.4) is 0 Å². The van der Waals surface area contributed by atoms with Crippen LogP contribution in [0.4, 0.5) is 0 Å². The number of ether oxygens (including phenoxy) is 2. The van der Waals surface area contributed by atoms with Gasteiger partial charge in [-0.3, -0.25) is 4.98 Å². The smallest absolute Gasteiger partial charge is 0.240 e. The van der Waals surface area contributed by atoms with Gasteiger partial charge < -0.3 is 9.47 Å². The van der Waals surface area contributed by atoms with Crippen LogP contribution >= 0.6 is 11.3 Å². The quantitative estimate of drug-likeness (QED) is 0.417. The van der Waals surface area contributed by atoms with Gasteiger partial charge in [0.15, 0.2) is 0 Å². The van der Waals surface area contributed by atoms with Crippen LogP contribution in [0.15, 0.2) is 49.5 Å². The van der Waals surface area contributed by atoms with E-state index >= 15 is 0 Å². The lowest BCUT2D eigenvalue weighted by atomic mass is 10.1. The van der Waals surface area contributed by atoms with Crippen molar-refractivity contribution in [1.29, 1.82) is 0 Å². The minimum Gasteiger partial charge on any atom is -0.476 e. The number of nitrogens with zero attached hydrogens (tertiary/aromatic N) is 4. The Balaban J connectivity index is 1.62. The molecule has 0 fully saturated rings. The first-order valence-corrected chi connectivity index (χ1v) is 10.3. The molecule has 0 bridgehead atoms.